The summed E-state index contributed by atoms with van der Waals surface area (Å²) in [4.78, 5) is 26.5. The lowest BCUT2D eigenvalue weighted by Gasteiger charge is -2.22. The Morgan fingerprint density at radius 1 is 1.38 bits per heavy atom. The average Bonchev–Trinajstić information content (AvgIpc) is 3.27. The lowest BCUT2D eigenvalue weighted by atomic mass is 10.0. The fourth-order valence-electron chi connectivity index (χ4n) is 3.01. The number of nitrogens with zero attached hydrogens (tertiary/aromatic N) is 1. The number of hydrogen-bond acceptors (Lipinski definition) is 2. The highest BCUT2D eigenvalue weighted by Gasteiger charge is 2.39. The Morgan fingerprint density at radius 2 is 2.10 bits per heavy atom. The predicted octanol–water partition coefficient (Wildman–Crippen LogP) is 3.73. The smallest absolute Gasteiger partial charge is 0.230 e. The number of alkyl halides is 1. The number of halogens is 1. The van der Waals surface area contributed by atoms with Crippen molar-refractivity contribution in [3.05, 3.63) is 29.3 Å². The van der Waals surface area contributed by atoms with Crippen LogP contribution in [0, 0.1) is 5.92 Å². The van der Waals surface area contributed by atoms with Gasteiger partial charge < -0.3 is 4.90 Å². The molecule has 0 saturated heterocycles. The molecule has 2 aliphatic rings. The van der Waals surface area contributed by atoms with Crippen molar-refractivity contribution < 1.29 is 9.59 Å². The molecule has 3 rings (SSSR count). The molecule has 1 aliphatic heterocycles. The van der Waals surface area contributed by atoms with Crippen LogP contribution in [0.4, 0.5) is 5.69 Å². The number of hydrogen-bond donors (Lipinski definition) is 0. The van der Waals surface area contributed by atoms with Crippen LogP contribution in [0.5, 0.6) is 0 Å². The highest BCUT2D eigenvalue weighted by atomic mass is 79.9. The van der Waals surface area contributed by atoms with Crippen LogP contribution in [-0.2, 0) is 11.2 Å². The van der Waals surface area contributed by atoms with Gasteiger partial charge in [-0.2, -0.15) is 0 Å². The topological polar surface area (TPSA) is 37.4 Å². The van der Waals surface area contributed by atoms with E-state index < -0.39 is 0 Å². The second-order valence-corrected chi connectivity index (χ2v) is 7.22. The normalized spacial score (nSPS) is 22.0. The average molecular weight is 350 g/mol. The third kappa shape index (κ3) is 2.66. The Hall–Kier alpha value is -1.16. The highest BCUT2D eigenvalue weighted by Crippen LogP contribution is 2.39. The SMILES string of the molecule is CCC(Br)C(=O)c1ccc2c(c1)CC(C)N2C(=O)C1CC1. The van der Waals surface area contributed by atoms with E-state index in [1.165, 1.54) is 0 Å². The Morgan fingerprint density at radius 3 is 2.71 bits per heavy atom. The summed E-state index contributed by atoms with van der Waals surface area (Å²) in [7, 11) is 0. The number of ketones is 1. The van der Waals surface area contributed by atoms with Crippen LogP contribution in [0.3, 0.4) is 0 Å². The van der Waals surface area contributed by atoms with Gasteiger partial charge in [0.25, 0.3) is 0 Å². The summed E-state index contributed by atoms with van der Waals surface area (Å²) in [5.41, 5.74) is 2.86. The van der Waals surface area contributed by atoms with Crippen LogP contribution in [0.15, 0.2) is 18.2 Å². The summed E-state index contributed by atoms with van der Waals surface area (Å²) >= 11 is 3.42. The van der Waals surface area contributed by atoms with Crippen LogP contribution in [0.1, 0.15) is 49.0 Å². The van der Waals surface area contributed by atoms with Gasteiger partial charge in [-0.25, -0.2) is 0 Å². The molecule has 1 heterocycles. The molecule has 0 radical (unpaired) electrons. The van der Waals surface area contributed by atoms with E-state index >= 15 is 0 Å². The summed E-state index contributed by atoms with van der Waals surface area (Å²) in [6.07, 6.45) is 3.66. The molecule has 1 aliphatic carbocycles. The molecule has 1 saturated carbocycles. The fraction of sp³-hybridized carbons (Fsp3) is 0.529. The fourth-order valence-corrected chi connectivity index (χ4v) is 3.28. The molecule has 0 aromatic heterocycles. The Kier molecular flexibility index (Phi) is 3.91. The van der Waals surface area contributed by atoms with Crippen molar-refractivity contribution in [3.63, 3.8) is 0 Å². The maximum Gasteiger partial charge on any atom is 0.230 e. The molecule has 21 heavy (non-hydrogen) atoms. The molecule has 0 N–H and O–H groups in total. The Balaban J connectivity index is 1.89. The third-order valence-corrected chi connectivity index (χ3v) is 5.45. The van der Waals surface area contributed by atoms with Crippen molar-refractivity contribution in [2.45, 2.75) is 50.4 Å². The minimum Gasteiger partial charge on any atom is -0.309 e. The molecule has 112 valence electrons. The molecule has 0 bridgehead atoms. The largest absolute Gasteiger partial charge is 0.309 e. The first kappa shape index (κ1) is 14.8. The van der Waals surface area contributed by atoms with Gasteiger partial charge in [-0.05, 0) is 56.4 Å². The predicted molar refractivity (Wildman–Crippen MR) is 87.2 cm³/mol. The zero-order valence-electron chi connectivity index (χ0n) is 12.4. The first-order chi connectivity index (χ1) is 10.0. The Bertz CT molecular complexity index is 594. The maximum atomic E-state index is 12.4. The second kappa shape index (κ2) is 5.56. The zero-order chi connectivity index (χ0) is 15.1. The summed E-state index contributed by atoms with van der Waals surface area (Å²) in [6, 6.07) is 5.97. The van der Waals surface area contributed by atoms with Gasteiger partial charge in [0.05, 0.1) is 4.83 Å². The van der Waals surface area contributed by atoms with Gasteiger partial charge in [0.15, 0.2) is 5.78 Å². The van der Waals surface area contributed by atoms with E-state index in [2.05, 4.69) is 22.9 Å². The molecule has 3 nitrogen and oxygen atoms in total. The third-order valence-electron chi connectivity index (χ3n) is 4.39. The van der Waals surface area contributed by atoms with Gasteiger partial charge >= 0.3 is 0 Å². The number of fused-ring (bicyclic) bond motifs is 1. The van der Waals surface area contributed by atoms with Crippen LogP contribution in [-0.4, -0.2) is 22.6 Å². The first-order valence-corrected chi connectivity index (χ1v) is 8.58. The lowest BCUT2D eigenvalue weighted by Crippen LogP contribution is -2.36. The van der Waals surface area contributed by atoms with E-state index in [1.807, 2.05) is 30.0 Å². The van der Waals surface area contributed by atoms with Gasteiger partial charge in [-0.1, -0.05) is 22.9 Å². The first-order valence-electron chi connectivity index (χ1n) is 7.67. The molecular weight excluding hydrogens is 330 g/mol. The molecule has 2 unspecified atom stereocenters. The summed E-state index contributed by atoms with van der Waals surface area (Å²) in [6.45, 7) is 4.07. The molecule has 1 aromatic rings. The summed E-state index contributed by atoms with van der Waals surface area (Å²) < 4.78 is 0. The Labute approximate surface area is 133 Å². The minimum absolute atomic E-state index is 0.125. The van der Waals surface area contributed by atoms with E-state index in [-0.39, 0.29) is 28.5 Å². The number of carbonyl (C=O) groups is 2. The number of benzene rings is 1. The summed E-state index contributed by atoms with van der Waals surface area (Å²) in [5, 5.41) is 0. The van der Waals surface area contributed by atoms with Gasteiger partial charge in [-0.15, -0.1) is 0 Å². The van der Waals surface area contributed by atoms with E-state index in [9.17, 15) is 9.59 Å². The minimum atomic E-state index is -0.126. The molecule has 1 amide bonds. The summed E-state index contributed by atoms with van der Waals surface area (Å²) in [5.74, 6) is 0.610. The van der Waals surface area contributed by atoms with Crippen molar-refractivity contribution in [1.82, 2.24) is 0 Å². The van der Waals surface area contributed by atoms with E-state index in [1.54, 1.807) is 0 Å². The van der Waals surface area contributed by atoms with Crippen molar-refractivity contribution in [2.75, 3.05) is 4.90 Å². The van der Waals surface area contributed by atoms with E-state index in [0.717, 1.165) is 42.5 Å². The number of anilines is 1. The number of rotatable bonds is 4. The van der Waals surface area contributed by atoms with Gasteiger partial charge in [-0.3, -0.25) is 9.59 Å². The van der Waals surface area contributed by atoms with Gasteiger partial charge in [0.2, 0.25) is 5.91 Å². The van der Waals surface area contributed by atoms with Crippen LogP contribution >= 0.6 is 15.9 Å². The lowest BCUT2D eigenvalue weighted by molar-refractivity contribution is -0.120. The monoisotopic (exact) mass is 349 g/mol. The van der Waals surface area contributed by atoms with Crippen LogP contribution in [0.2, 0.25) is 0 Å². The number of Topliss-reactive ketones (excluding diaryl/α,β-unsaturated/α-hetero) is 1. The van der Waals surface area contributed by atoms with Crippen molar-refractivity contribution in [2.24, 2.45) is 5.92 Å². The molecule has 0 spiro atoms. The number of amides is 1. The van der Waals surface area contributed by atoms with Crippen molar-refractivity contribution >= 4 is 33.3 Å². The maximum absolute atomic E-state index is 12.4. The molecule has 4 heteroatoms. The van der Waals surface area contributed by atoms with E-state index in [4.69, 9.17) is 0 Å². The quantitative estimate of drug-likeness (QED) is 0.613. The highest BCUT2D eigenvalue weighted by molar-refractivity contribution is 9.10. The molecule has 2 atom stereocenters. The van der Waals surface area contributed by atoms with Gasteiger partial charge in [0, 0.05) is 23.2 Å². The molecular formula is C17H20BrNO2. The molecule has 1 fully saturated rings. The van der Waals surface area contributed by atoms with Crippen LogP contribution < -0.4 is 4.90 Å². The van der Waals surface area contributed by atoms with Crippen LogP contribution in [0.25, 0.3) is 0 Å². The standard InChI is InChI=1S/C17H20BrNO2/c1-3-14(18)16(20)12-6-7-15-13(9-12)8-10(2)19(15)17(21)11-4-5-11/h6-7,9-11,14H,3-5,8H2,1-2H3. The van der Waals surface area contributed by atoms with E-state index in [0.29, 0.717) is 0 Å². The van der Waals surface area contributed by atoms with Crippen molar-refractivity contribution in [3.8, 4) is 0 Å². The molecule has 1 aromatic carbocycles. The second-order valence-electron chi connectivity index (χ2n) is 6.12. The van der Waals surface area contributed by atoms with Crippen molar-refractivity contribution in [1.29, 1.82) is 0 Å². The van der Waals surface area contributed by atoms with Gasteiger partial charge in [0.1, 0.15) is 0 Å². The number of carbonyl (C=O) groups excluding carboxylic acids is 2. The zero-order valence-corrected chi connectivity index (χ0v) is 14.0.